The lowest BCUT2D eigenvalue weighted by Crippen LogP contribution is -2.60. The molecule has 20 nitrogen and oxygen atoms in total. The Morgan fingerprint density at radius 2 is 1.49 bits per heavy atom. The van der Waals surface area contributed by atoms with Crippen molar-refractivity contribution in [2.24, 2.45) is 46.2 Å². The summed E-state index contributed by atoms with van der Waals surface area (Å²) in [7, 11) is 1.63. The van der Waals surface area contributed by atoms with E-state index in [1.807, 2.05) is 20.8 Å². The van der Waals surface area contributed by atoms with Crippen molar-refractivity contribution >= 4 is 23.9 Å². The van der Waals surface area contributed by atoms with Crippen LogP contribution in [0.1, 0.15) is 138 Å². The average Bonchev–Trinajstić information content (AvgIpc) is 3.32. The SMILES string of the molecule is CN=C(N)NCCC/C=C/CC/C=C(\C)C[C@H](C)[C@H]1OC(=O)/C=C/[C@@H](C)[C@H](O)C[C@H](O)[C@H](C)[C@@H](O)CC[C@H](C)[C@H](O)C[C@@]2(O)O[C@H](C[C@H](OC(=O)CC(=O)O)C[C@@H](O)C[C@H](O)[C@@H](C)[C@H](O)/C=C/[C@H]1C)C[C@H](O)[C@@H]2O. The fraction of sp³-hybridized carbons (Fsp3) is 0.778. The van der Waals surface area contributed by atoms with Gasteiger partial charge in [-0.1, -0.05) is 83.6 Å². The number of aliphatic imine (C=N–C) groups is 1. The number of carbonyl (C=O) groups excluding carboxylic acids is 2. The van der Waals surface area contributed by atoms with E-state index in [9.17, 15) is 70.6 Å². The third kappa shape index (κ3) is 24.0. The summed E-state index contributed by atoms with van der Waals surface area (Å²) in [6, 6.07) is 0. The quantitative estimate of drug-likeness (QED) is 0.0315. The second-order valence-corrected chi connectivity index (χ2v) is 21.2. The van der Waals surface area contributed by atoms with Gasteiger partial charge in [0.15, 0.2) is 11.7 Å². The molecule has 2 aliphatic heterocycles. The Labute approximate surface area is 438 Å². The van der Waals surface area contributed by atoms with Crippen LogP contribution in [0.15, 0.2) is 53.1 Å². The lowest BCUT2D eigenvalue weighted by molar-refractivity contribution is -0.333. The summed E-state index contributed by atoms with van der Waals surface area (Å²) in [5.41, 5.74) is 6.75. The molecule has 1 saturated heterocycles. The highest BCUT2D eigenvalue weighted by Gasteiger charge is 2.50. The molecule has 0 saturated carbocycles. The molecule has 0 aromatic carbocycles. The van der Waals surface area contributed by atoms with E-state index in [-0.39, 0.29) is 50.9 Å². The number of nitrogens with two attached hydrogens (primary N) is 1. The number of esters is 2. The van der Waals surface area contributed by atoms with E-state index in [1.54, 1.807) is 40.8 Å². The first-order valence-corrected chi connectivity index (χ1v) is 26.5. The molecule has 0 amide bonds. The molecule has 0 spiro atoms. The number of ether oxygens (including phenoxy) is 3. The van der Waals surface area contributed by atoms with Crippen molar-refractivity contribution in [2.75, 3.05) is 13.6 Å². The van der Waals surface area contributed by atoms with Crippen molar-refractivity contribution in [3.05, 3.63) is 48.1 Å². The Bertz CT molecular complexity index is 1830. The van der Waals surface area contributed by atoms with Crippen LogP contribution in [0.3, 0.4) is 0 Å². The second kappa shape index (κ2) is 33.4. The van der Waals surface area contributed by atoms with Crippen molar-refractivity contribution in [3.8, 4) is 0 Å². The van der Waals surface area contributed by atoms with Crippen molar-refractivity contribution in [1.29, 1.82) is 0 Å². The maximum absolute atomic E-state index is 13.5. The van der Waals surface area contributed by atoms with E-state index in [0.29, 0.717) is 12.4 Å². The van der Waals surface area contributed by atoms with Gasteiger partial charge in [0.2, 0.25) is 0 Å². The van der Waals surface area contributed by atoms with Gasteiger partial charge < -0.3 is 81.4 Å². The number of carbonyl (C=O) groups is 3. The van der Waals surface area contributed by atoms with Crippen LogP contribution in [-0.2, 0) is 28.6 Å². The summed E-state index contributed by atoms with van der Waals surface area (Å²) in [6.45, 7) is 13.0. The zero-order valence-electron chi connectivity index (χ0n) is 44.9. The Morgan fingerprint density at radius 1 is 0.824 bits per heavy atom. The Hall–Kier alpha value is -3.80. The third-order valence-electron chi connectivity index (χ3n) is 14.6. The van der Waals surface area contributed by atoms with Gasteiger partial charge in [-0.05, 0) is 70.1 Å². The van der Waals surface area contributed by atoms with E-state index >= 15 is 0 Å². The van der Waals surface area contributed by atoms with E-state index in [1.165, 1.54) is 18.2 Å². The number of hydrogen-bond donors (Lipinski definition) is 13. The molecular formula is C54H93N3O17. The normalized spacial score (nSPS) is 38.0. The third-order valence-corrected chi connectivity index (χ3v) is 14.6. The fourth-order valence-electron chi connectivity index (χ4n) is 9.43. The molecule has 2 aliphatic rings. The highest BCUT2D eigenvalue weighted by Crippen LogP contribution is 2.36. The molecule has 426 valence electrons. The molecule has 0 unspecified atom stereocenters. The molecule has 20 heteroatoms. The molecular weight excluding hydrogens is 963 g/mol. The van der Waals surface area contributed by atoms with Crippen LogP contribution in [0.5, 0.6) is 0 Å². The molecule has 2 rings (SSSR count). The summed E-state index contributed by atoms with van der Waals surface area (Å²) < 4.78 is 17.4. The molecule has 74 heavy (non-hydrogen) atoms. The molecule has 2 bridgehead atoms. The van der Waals surface area contributed by atoms with Gasteiger partial charge in [0, 0.05) is 75.4 Å². The predicted octanol–water partition coefficient (Wildman–Crippen LogP) is 2.67. The monoisotopic (exact) mass is 1060 g/mol. The number of rotatable bonds is 13. The van der Waals surface area contributed by atoms with Crippen LogP contribution in [-0.4, -0.2) is 173 Å². The topological polar surface area (TPSA) is 352 Å². The Kier molecular flexibility index (Phi) is 29.9. The summed E-state index contributed by atoms with van der Waals surface area (Å²) >= 11 is 0. The maximum atomic E-state index is 13.5. The van der Waals surface area contributed by atoms with Gasteiger partial charge in [-0.15, -0.1) is 0 Å². The van der Waals surface area contributed by atoms with Gasteiger partial charge in [-0.3, -0.25) is 14.6 Å². The number of nitrogens with zero attached hydrogens (tertiary/aromatic N) is 1. The minimum absolute atomic E-state index is 0.0876. The number of guanidine groups is 1. The van der Waals surface area contributed by atoms with Crippen molar-refractivity contribution in [3.63, 3.8) is 0 Å². The number of cyclic esters (lactones) is 1. The highest BCUT2D eigenvalue weighted by molar-refractivity contribution is 5.90. The number of carboxylic acids is 1. The van der Waals surface area contributed by atoms with Gasteiger partial charge in [0.25, 0.3) is 0 Å². The Balaban J connectivity index is 2.44. The van der Waals surface area contributed by atoms with Crippen LogP contribution in [0, 0.1) is 35.5 Å². The van der Waals surface area contributed by atoms with Crippen molar-refractivity contribution in [1.82, 2.24) is 5.32 Å². The maximum Gasteiger partial charge on any atom is 0.330 e. The number of carboxylic acid groups (broad SMARTS) is 1. The van der Waals surface area contributed by atoms with E-state index in [0.717, 1.165) is 37.8 Å². The van der Waals surface area contributed by atoms with Crippen LogP contribution in [0.2, 0.25) is 0 Å². The largest absolute Gasteiger partial charge is 0.481 e. The minimum atomic E-state index is -2.52. The van der Waals surface area contributed by atoms with Gasteiger partial charge >= 0.3 is 17.9 Å². The van der Waals surface area contributed by atoms with Gasteiger partial charge in [-0.2, -0.15) is 0 Å². The number of aliphatic carboxylic acids is 1. The predicted molar refractivity (Wildman–Crippen MR) is 278 cm³/mol. The van der Waals surface area contributed by atoms with Crippen molar-refractivity contribution in [2.45, 2.75) is 217 Å². The number of nitrogens with one attached hydrogen (secondary N) is 1. The van der Waals surface area contributed by atoms with Crippen LogP contribution < -0.4 is 11.1 Å². The summed E-state index contributed by atoms with van der Waals surface area (Å²) in [5, 5.41) is 124. The molecule has 2 heterocycles. The van der Waals surface area contributed by atoms with Crippen molar-refractivity contribution < 1.29 is 84.8 Å². The molecule has 0 aromatic heterocycles. The number of aliphatic hydroxyl groups is 10. The highest BCUT2D eigenvalue weighted by atomic mass is 16.7. The zero-order valence-corrected chi connectivity index (χ0v) is 44.9. The standard InChI is InChI=1S/C54H93N3O17/c1-31(15-13-11-9-10-12-14-22-57-53(55)56-8)23-35(5)51-34(4)17-20-42(60)36(6)44(62)25-38(58)24-39(72-50(69)29-48(66)67)26-40-27-46(64)52(70)54(71,74-40)30-47(65)33(3)16-19-41(59)37(7)45(63)28-43(61)32(2)18-21-49(68)73-51/h9-10,15,17-18,20-21,32-47,51-52,58-65,70-71H,11-14,16,19,22-30H2,1-8H3,(H,66,67)(H3,55,56,57)/b10-9+,20-17+,21-18+,31-15+/t32-,33+,34-,35+,36+,37-,38-,39-,40-,41+,42-,43-,44+,45+,46+,47-,51+,52+,54-/m1/s1. The summed E-state index contributed by atoms with van der Waals surface area (Å²) in [6.07, 6.45) is -1.85. The number of hydrogen-bond acceptors (Lipinski definition) is 17. The first-order chi connectivity index (χ1) is 34.7. The van der Waals surface area contributed by atoms with Crippen LogP contribution in [0.4, 0.5) is 0 Å². The van der Waals surface area contributed by atoms with Crippen LogP contribution in [0.25, 0.3) is 0 Å². The van der Waals surface area contributed by atoms with Gasteiger partial charge in [-0.25, -0.2) is 4.79 Å². The summed E-state index contributed by atoms with van der Waals surface area (Å²) in [4.78, 5) is 41.3. The van der Waals surface area contributed by atoms with E-state index in [4.69, 9.17) is 19.9 Å². The average molecular weight is 1060 g/mol. The minimum Gasteiger partial charge on any atom is -0.481 e. The lowest BCUT2D eigenvalue weighted by atomic mass is 9.83. The second-order valence-electron chi connectivity index (χ2n) is 21.2. The number of fused-ring (bicyclic) bond motifs is 2. The fourth-order valence-corrected chi connectivity index (χ4v) is 9.43. The smallest absolute Gasteiger partial charge is 0.330 e. The first-order valence-electron chi connectivity index (χ1n) is 26.5. The number of unbranched alkanes of at least 4 members (excludes halogenated alkanes) is 2. The summed E-state index contributed by atoms with van der Waals surface area (Å²) in [5.74, 6) is -8.95. The first kappa shape index (κ1) is 66.3. The molecule has 1 fully saturated rings. The number of allylic oxidation sites excluding steroid dienone is 4. The molecule has 19 atom stereocenters. The van der Waals surface area contributed by atoms with Crippen LogP contribution >= 0.6 is 0 Å². The number of aliphatic hydroxyl groups excluding tert-OH is 9. The Morgan fingerprint density at radius 3 is 2.15 bits per heavy atom. The zero-order chi connectivity index (χ0) is 55.9. The lowest BCUT2D eigenvalue weighted by Gasteiger charge is -2.45. The van der Waals surface area contributed by atoms with Gasteiger partial charge in [0.05, 0.1) is 54.9 Å². The molecule has 14 N–H and O–H groups in total. The molecule has 0 aliphatic carbocycles. The molecule has 0 aromatic rings. The molecule has 0 radical (unpaired) electrons. The van der Waals surface area contributed by atoms with E-state index in [2.05, 4.69) is 28.5 Å². The van der Waals surface area contributed by atoms with E-state index < -0.39 is 139 Å². The van der Waals surface area contributed by atoms with Gasteiger partial charge in [0.1, 0.15) is 24.7 Å².